The predicted octanol–water partition coefficient (Wildman–Crippen LogP) is 0.698. The summed E-state index contributed by atoms with van der Waals surface area (Å²) in [6.45, 7) is 0.00463. The zero-order chi connectivity index (χ0) is 7.98. The quantitative estimate of drug-likeness (QED) is 0.592. The van der Waals surface area contributed by atoms with Crippen LogP contribution in [0, 0.1) is 5.92 Å². The minimum Gasteiger partial charge on any atom is -0.481 e. The van der Waals surface area contributed by atoms with Crippen molar-refractivity contribution in [3.63, 3.8) is 0 Å². The maximum absolute atomic E-state index is 10.1. The zero-order valence-corrected chi connectivity index (χ0v) is 6.34. The molecule has 0 aliphatic heterocycles. The Labute approximate surface area is 64.6 Å². The molecule has 0 aromatic carbocycles. The number of alkyl halides is 1. The van der Waals surface area contributed by atoms with Gasteiger partial charge in [0.25, 0.3) is 0 Å². The molecule has 0 radical (unpaired) electrons. The molecule has 0 saturated heterocycles. The van der Waals surface area contributed by atoms with E-state index < -0.39 is 5.97 Å². The van der Waals surface area contributed by atoms with Crippen LogP contribution in [-0.2, 0) is 4.79 Å². The molecule has 1 atom stereocenters. The van der Waals surface area contributed by atoms with Crippen LogP contribution in [0.1, 0.15) is 12.8 Å². The fraction of sp³-hybridized carbons (Fsp3) is 0.833. The van der Waals surface area contributed by atoms with E-state index in [1.165, 1.54) is 0 Å². The minimum absolute atomic E-state index is 0.00463. The van der Waals surface area contributed by atoms with Gasteiger partial charge in [-0.25, -0.2) is 0 Å². The van der Waals surface area contributed by atoms with Gasteiger partial charge in [0, 0.05) is 18.9 Å². The van der Waals surface area contributed by atoms with Gasteiger partial charge in [0.1, 0.15) is 0 Å². The molecule has 4 heteroatoms. The highest BCUT2D eigenvalue weighted by molar-refractivity contribution is 6.18. The van der Waals surface area contributed by atoms with Gasteiger partial charge in [-0.05, 0) is 12.3 Å². The third-order valence-electron chi connectivity index (χ3n) is 1.22. The summed E-state index contributed by atoms with van der Waals surface area (Å²) >= 11 is 5.42. The molecule has 0 aromatic heterocycles. The molecule has 0 spiro atoms. The van der Waals surface area contributed by atoms with E-state index in [2.05, 4.69) is 0 Å². The summed E-state index contributed by atoms with van der Waals surface area (Å²) < 4.78 is 0. The van der Waals surface area contributed by atoms with E-state index in [4.69, 9.17) is 21.8 Å². The van der Waals surface area contributed by atoms with Crippen LogP contribution in [0.15, 0.2) is 0 Å². The minimum atomic E-state index is -0.862. The van der Waals surface area contributed by atoms with Crippen LogP contribution < -0.4 is 0 Å². The molecule has 0 aliphatic rings. The third kappa shape index (κ3) is 4.58. The number of carboxylic acid groups (broad SMARTS) is 1. The molecule has 60 valence electrons. The number of carboxylic acids is 1. The van der Waals surface area contributed by atoms with E-state index >= 15 is 0 Å². The van der Waals surface area contributed by atoms with Crippen molar-refractivity contribution in [2.75, 3.05) is 12.5 Å². The molecule has 0 rings (SSSR count). The van der Waals surface area contributed by atoms with Crippen LogP contribution in [-0.4, -0.2) is 28.7 Å². The monoisotopic (exact) mass is 166 g/mol. The lowest BCUT2D eigenvalue weighted by atomic mass is 10.1. The standard InChI is InChI=1S/C6H11ClO3/c7-4-5(1-2-8)3-6(9)10/h5,8H,1-4H2,(H,9,10)/t5-/m1/s1. The second-order valence-corrected chi connectivity index (χ2v) is 2.44. The van der Waals surface area contributed by atoms with E-state index in [0.29, 0.717) is 12.3 Å². The smallest absolute Gasteiger partial charge is 0.303 e. The number of aliphatic carboxylic acids is 1. The summed E-state index contributed by atoms with van der Waals surface area (Å²) in [5.41, 5.74) is 0. The average molecular weight is 167 g/mol. The second kappa shape index (κ2) is 5.50. The molecule has 2 N–H and O–H groups in total. The summed E-state index contributed by atoms with van der Waals surface area (Å²) in [6, 6.07) is 0. The SMILES string of the molecule is O=C(O)C[C@H](CCl)CCO. The van der Waals surface area contributed by atoms with E-state index in [0.717, 1.165) is 0 Å². The summed E-state index contributed by atoms with van der Waals surface area (Å²) in [7, 11) is 0. The number of carbonyl (C=O) groups is 1. The van der Waals surface area contributed by atoms with E-state index in [-0.39, 0.29) is 18.9 Å². The van der Waals surface area contributed by atoms with Gasteiger partial charge in [-0.1, -0.05) is 0 Å². The Bertz CT molecular complexity index is 105. The highest BCUT2D eigenvalue weighted by atomic mass is 35.5. The zero-order valence-electron chi connectivity index (χ0n) is 5.59. The molecule has 0 heterocycles. The maximum Gasteiger partial charge on any atom is 0.303 e. The molecule has 0 aliphatic carbocycles. The second-order valence-electron chi connectivity index (χ2n) is 2.13. The number of rotatable bonds is 5. The predicted molar refractivity (Wildman–Crippen MR) is 38.2 cm³/mol. The van der Waals surface area contributed by atoms with Crippen molar-refractivity contribution >= 4 is 17.6 Å². The molecule has 0 unspecified atom stereocenters. The molecule has 10 heavy (non-hydrogen) atoms. The molecular weight excluding hydrogens is 156 g/mol. The van der Waals surface area contributed by atoms with Crippen molar-refractivity contribution in [3.05, 3.63) is 0 Å². The fourth-order valence-electron chi connectivity index (χ4n) is 0.663. The molecule has 0 amide bonds. The van der Waals surface area contributed by atoms with Gasteiger partial charge < -0.3 is 10.2 Å². The van der Waals surface area contributed by atoms with Crippen molar-refractivity contribution in [1.29, 1.82) is 0 Å². The molecule has 0 aromatic rings. The van der Waals surface area contributed by atoms with Gasteiger partial charge in [0.05, 0.1) is 0 Å². The third-order valence-corrected chi connectivity index (χ3v) is 1.66. The van der Waals surface area contributed by atoms with Crippen molar-refractivity contribution in [2.45, 2.75) is 12.8 Å². The Morgan fingerprint density at radius 2 is 2.20 bits per heavy atom. The van der Waals surface area contributed by atoms with E-state index in [1.54, 1.807) is 0 Å². The Morgan fingerprint density at radius 3 is 2.50 bits per heavy atom. The van der Waals surface area contributed by atoms with Gasteiger partial charge >= 0.3 is 5.97 Å². The highest BCUT2D eigenvalue weighted by Gasteiger charge is 2.10. The van der Waals surface area contributed by atoms with Crippen LogP contribution in [0.2, 0.25) is 0 Å². The Kier molecular flexibility index (Phi) is 5.35. The lowest BCUT2D eigenvalue weighted by molar-refractivity contribution is -0.138. The first-order valence-corrected chi connectivity index (χ1v) is 3.62. The lowest BCUT2D eigenvalue weighted by Crippen LogP contribution is -2.10. The van der Waals surface area contributed by atoms with Crippen LogP contribution in [0.4, 0.5) is 0 Å². The molecule has 3 nitrogen and oxygen atoms in total. The first kappa shape index (κ1) is 9.72. The molecule has 0 bridgehead atoms. The van der Waals surface area contributed by atoms with Gasteiger partial charge in [-0.2, -0.15) is 0 Å². The normalized spacial score (nSPS) is 13.0. The Morgan fingerprint density at radius 1 is 1.60 bits per heavy atom. The molecule has 0 saturated carbocycles. The number of hydrogen-bond acceptors (Lipinski definition) is 2. The van der Waals surface area contributed by atoms with Crippen LogP contribution >= 0.6 is 11.6 Å². The lowest BCUT2D eigenvalue weighted by Gasteiger charge is -2.07. The first-order chi connectivity index (χ1) is 4.70. The van der Waals surface area contributed by atoms with Crippen LogP contribution in [0.25, 0.3) is 0 Å². The van der Waals surface area contributed by atoms with Gasteiger partial charge in [-0.3, -0.25) is 4.79 Å². The maximum atomic E-state index is 10.1. The highest BCUT2D eigenvalue weighted by Crippen LogP contribution is 2.09. The van der Waals surface area contributed by atoms with Crippen LogP contribution in [0.5, 0.6) is 0 Å². The number of halogens is 1. The average Bonchev–Trinajstić information content (AvgIpc) is 1.86. The van der Waals surface area contributed by atoms with Crippen molar-refractivity contribution in [3.8, 4) is 0 Å². The fourth-order valence-corrected chi connectivity index (χ4v) is 0.927. The largest absolute Gasteiger partial charge is 0.481 e. The molecule has 0 fully saturated rings. The van der Waals surface area contributed by atoms with E-state index in [9.17, 15) is 4.79 Å². The summed E-state index contributed by atoms with van der Waals surface area (Å²) in [5.74, 6) is -0.657. The summed E-state index contributed by atoms with van der Waals surface area (Å²) in [4.78, 5) is 10.1. The van der Waals surface area contributed by atoms with Crippen molar-refractivity contribution < 1.29 is 15.0 Å². The number of aliphatic hydroxyl groups excluding tert-OH is 1. The summed E-state index contributed by atoms with van der Waals surface area (Å²) in [5, 5.41) is 16.7. The van der Waals surface area contributed by atoms with Gasteiger partial charge in [0.15, 0.2) is 0 Å². The summed E-state index contributed by atoms with van der Waals surface area (Å²) in [6.07, 6.45) is 0.514. The first-order valence-electron chi connectivity index (χ1n) is 3.09. The van der Waals surface area contributed by atoms with Crippen LogP contribution in [0.3, 0.4) is 0 Å². The van der Waals surface area contributed by atoms with Crippen molar-refractivity contribution in [1.82, 2.24) is 0 Å². The number of aliphatic hydroxyl groups is 1. The Balaban J connectivity index is 3.49. The number of hydrogen-bond donors (Lipinski definition) is 2. The van der Waals surface area contributed by atoms with Gasteiger partial charge in [0.2, 0.25) is 0 Å². The van der Waals surface area contributed by atoms with Gasteiger partial charge in [-0.15, -0.1) is 11.6 Å². The van der Waals surface area contributed by atoms with E-state index in [1.807, 2.05) is 0 Å². The molecular formula is C6H11ClO3. The topological polar surface area (TPSA) is 57.5 Å². The van der Waals surface area contributed by atoms with Crippen molar-refractivity contribution in [2.24, 2.45) is 5.92 Å². The Hall–Kier alpha value is -0.280.